The maximum Gasteiger partial charge on any atom is 0.183 e. The molecule has 0 atom stereocenters. The first-order chi connectivity index (χ1) is 9.74. The van der Waals surface area contributed by atoms with Crippen molar-refractivity contribution in [1.82, 2.24) is 9.88 Å². The van der Waals surface area contributed by atoms with Crippen LogP contribution in [0.15, 0.2) is 12.1 Å². The van der Waals surface area contributed by atoms with Crippen molar-refractivity contribution >= 4 is 26.7 Å². The summed E-state index contributed by atoms with van der Waals surface area (Å²) >= 11 is 1.76. The molecule has 0 unspecified atom stereocenters. The van der Waals surface area contributed by atoms with Crippen LogP contribution in [0.2, 0.25) is 0 Å². The molecule has 0 aliphatic carbocycles. The van der Waals surface area contributed by atoms with Crippen molar-refractivity contribution in [2.45, 2.75) is 13.8 Å². The van der Waals surface area contributed by atoms with Gasteiger partial charge in [-0.1, -0.05) is 23.5 Å². The summed E-state index contributed by atoms with van der Waals surface area (Å²) in [6.45, 7) is 10.1. The fourth-order valence-corrected chi connectivity index (χ4v) is 3.52. The maximum atomic E-state index is 5.36. The first-order valence-corrected chi connectivity index (χ1v) is 7.96. The van der Waals surface area contributed by atoms with Crippen LogP contribution in [-0.2, 0) is 4.74 Å². The Morgan fingerprint density at radius 2 is 2.00 bits per heavy atom. The van der Waals surface area contributed by atoms with Gasteiger partial charge in [-0.3, -0.25) is 4.90 Å². The van der Waals surface area contributed by atoms with Gasteiger partial charge < -0.3 is 10.1 Å². The maximum absolute atomic E-state index is 5.36. The molecule has 1 aromatic heterocycles. The molecule has 0 spiro atoms. The Kier molecular flexibility index (Phi) is 4.19. The Bertz CT molecular complexity index is 551. The molecule has 1 aromatic carbocycles. The topological polar surface area (TPSA) is 37.4 Å². The summed E-state index contributed by atoms with van der Waals surface area (Å²) in [5.74, 6) is 0. The zero-order valence-electron chi connectivity index (χ0n) is 12.1. The summed E-state index contributed by atoms with van der Waals surface area (Å²) in [7, 11) is 0. The summed E-state index contributed by atoms with van der Waals surface area (Å²) in [6.07, 6.45) is 0. The van der Waals surface area contributed by atoms with E-state index in [1.54, 1.807) is 11.3 Å². The van der Waals surface area contributed by atoms with Crippen LogP contribution in [0.1, 0.15) is 11.1 Å². The Balaban J connectivity index is 1.63. The number of aryl methyl sites for hydroxylation is 2. The van der Waals surface area contributed by atoms with Gasteiger partial charge in [0.15, 0.2) is 5.13 Å². The van der Waals surface area contributed by atoms with E-state index in [2.05, 4.69) is 36.2 Å². The van der Waals surface area contributed by atoms with Crippen molar-refractivity contribution in [3.05, 3.63) is 23.3 Å². The minimum Gasteiger partial charge on any atom is -0.379 e. The number of hydrogen-bond donors (Lipinski definition) is 1. The standard InChI is InChI=1S/C15H21N3OS/c1-11-3-4-12(2)14-13(11)17-15(20-14)16-5-6-18-7-9-19-10-8-18/h3-4H,5-10H2,1-2H3,(H,16,17). The number of fused-ring (bicyclic) bond motifs is 1. The summed E-state index contributed by atoms with van der Waals surface area (Å²) in [4.78, 5) is 7.15. The van der Waals surface area contributed by atoms with E-state index < -0.39 is 0 Å². The Labute approximate surface area is 123 Å². The van der Waals surface area contributed by atoms with Gasteiger partial charge in [0.2, 0.25) is 0 Å². The molecule has 3 rings (SSSR count). The lowest BCUT2D eigenvalue weighted by Crippen LogP contribution is -2.38. The van der Waals surface area contributed by atoms with Gasteiger partial charge >= 0.3 is 0 Å². The number of aromatic nitrogens is 1. The van der Waals surface area contributed by atoms with Crippen LogP contribution in [0.4, 0.5) is 5.13 Å². The minimum absolute atomic E-state index is 0.861. The van der Waals surface area contributed by atoms with E-state index >= 15 is 0 Å². The van der Waals surface area contributed by atoms with E-state index in [9.17, 15) is 0 Å². The molecule has 4 nitrogen and oxygen atoms in total. The Hall–Kier alpha value is -1.17. The molecule has 1 aliphatic heterocycles. The van der Waals surface area contributed by atoms with Crippen LogP contribution in [0.25, 0.3) is 10.2 Å². The average Bonchev–Trinajstić information content (AvgIpc) is 2.90. The molecule has 108 valence electrons. The normalized spacial score (nSPS) is 16.7. The molecular formula is C15H21N3OS. The summed E-state index contributed by atoms with van der Waals surface area (Å²) in [5, 5.41) is 4.49. The molecule has 0 bridgehead atoms. The van der Waals surface area contributed by atoms with Crippen LogP contribution in [0.3, 0.4) is 0 Å². The first kappa shape index (κ1) is 13.8. The number of nitrogens with one attached hydrogen (secondary N) is 1. The molecule has 20 heavy (non-hydrogen) atoms. The summed E-state index contributed by atoms with van der Waals surface area (Å²) < 4.78 is 6.66. The monoisotopic (exact) mass is 291 g/mol. The number of ether oxygens (including phenoxy) is 1. The van der Waals surface area contributed by atoms with Gasteiger partial charge in [0.25, 0.3) is 0 Å². The molecule has 0 amide bonds. The zero-order chi connectivity index (χ0) is 13.9. The lowest BCUT2D eigenvalue weighted by Gasteiger charge is -2.26. The second-order valence-corrected chi connectivity index (χ2v) is 6.28. The lowest BCUT2D eigenvalue weighted by molar-refractivity contribution is 0.0398. The van der Waals surface area contributed by atoms with Gasteiger partial charge in [-0.25, -0.2) is 4.98 Å². The van der Waals surface area contributed by atoms with Crippen molar-refractivity contribution in [2.75, 3.05) is 44.7 Å². The minimum atomic E-state index is 0.861. The SMILES string of the molecule is Cc1ccc(C)c2sc(NCCN3CCOCC3)nc12. The third kappa shape index (κ3) is 2.95. The van der Waals surface area contributed by atoms with Crippen molar-refractivity contribution in [1.29, 1.82) is 0 Å². The first-order valence-electron chi connectivity index (χ1n) is 7.15. The second kappa shape index (κ2) is 6.08. The van der Waals surface area contributed by atoms with E-state index in [0.717, 1.165) is 50.0 Å². The van der Waals surface area contributed by atoms with Gasteiger partial charge in [-0.15, -0.1) is 0 Å². The predicted molar refractivity (Wildman–Crippen MR) is 84.8 cm³/mol. The van der Waals surface area contributed by atoms with Crippen molar-refractivity contribution < 1.29 is 4.74 Å². The quantitative estimate of drug-likeness (QED) is 0.940. The van der Waals surface area contributed by atoms with Crippen LogP contribution in [0, 0.1) is 13.8 Å². The lowest BCUT2D eigenvalue weighted by atomic mass is 10.1. The predicted octanol–water partition coefficient (Wildman–Crippen LogP) is 2.66. The molecule has 1 aliphatic rings. The van der Waals surface area contributed by atoms with E-state index in [1.165, 1.54) is 15.8 Å². The molecule has 5 heteroatoms. The summed E-state index contributed by atoms with van der Waals surface area (Å²) in [5.41, 5.74) is 3.70. The highest BCUT2D eigenvalue weighted by molar-refractivity contribution is 7.22. The van der Waals surface area contributed by atoms with Crippen molar-refractivity contribution in [3.8, 4) is 0 Å². The Morgan fingerprint density at radius 1 is 1.25 bits per heavy atom. The molecule has 1 N–H and O–H groups in total. The average molecular weight is 291 g/mol. The van der Waals surface area contributed by atoms with Crippen LogP contribution in [0.5, 0.6) is 0 Å². The van der Waals surface area contributed by atoms with Gasteiger partial charge in [0.1, 0.15) is 0 Å². The molecule has 2 heterocycles. The fourth-order valence-electron chi connectivity index (χ4n) is 2.48. The van der Waals surface area contributed by atoms with E-state index in [1.807, 2.05) is 0 Å². The third-order valence-electron chi connectivity index (χ3n) is 3.75. The van der Waals surface area contributed by atoms with Crippen molar-refractivity contribution in [3.63, 3.8) is 0 Å². The smallest absolute Gasteiger partial charge is 0.183 e. The third-order valence-corrected chi connectivity index (χ3v) is 4.90. The highest BCUT2D eigenvalue weighted by Crippen LogP contribution is 2.30. The molecule has 1 fully saturated rings. The van der Waals surface area contributed by atoms with E-state index in [4.69, 9.17) is 9.72 Å². The molecular weight excluding hydrogens is 270 g/mol. The van der Waals surface area contributed by atoms with E-state index in [0.29, 0.717) is 0 Å². The number of hydrogen-bond acceptors (Lipinski definition) is 5. The number of thiazole rings is 1. The zero-order valence-corrected chi connectivity index (χ0v) is 12.9. The molecule has 2 aromatic rings. The Morgan fingerprint density at radius 3 is 2.75 bits per heavy atom. The van der Waals surface area contributed by atoms with Crippen LogP contribution in [-0.4, -0.2) is 49.3 Å². The highest BCUT2D eigenvalue weighted by Gasteiger charge is 2.11. The van der Waals surface area contributed by atoms with Crippen molar-refractivity contribution in [2.24, 2.45) is 0 Å². The molecule has 1 saturated heterocycles. The van der Waals surface area contributed by atoms with Gasteiger partial charge in [0, 0.05) is 26.2 Å². The number of morpholine rings is 1. The number of nitrogens with zero attached hydrogens (tertiary/aromatic N) is 2. The van der Waals surface area contributed by atoms with Crippen LogP contribution < -0.4 is 5.32 Å². The van der Waals surface area contributed by atoms with Gasteiger partial charge in [-0.2, -0.15) is 0 Å². The molecule has 0 saturated carbocycles. The highest BCUT2D eigenvalue weighted by atomic mass is 32.1. The van der Waals surface area contributed by atoms with E-state index in [-0.39, 0.29) is 0 Å². The van der Waals surface area contributed by atoms with Gasteiger partial charge in [-0.05, 0) is 25.0 Å². The largest absolute Gasteiger partial charge is 0.379 e. The van der Waals surface area contributed by atoms with Gasteiger partial charge in [0.05, 0.1) is 23.4 Å². The van der Waals surface area contributed by atoms with Crippen LogP contribution >= 0.6 is 11.3 Å². The summed E-state index contributed by atoms with van der Waals surface area (Å²) in [6, 6.07) is 4.32. The molecule has 0 radical (unpaired) electrons. The number of rotatable bonds is 4. The fraction of sp³-hybridized carbons (Fsp3) is 0.533. The number of anilines is 1. The number of benzene rings is 1. The second-order valence-electron chi connectivity index (χ2n) is 5.28.